The summed E-state index contributed by atoms with van der Waals surface area (Å²) >= 11 is 0. The smallest absolute Gasteiger partial charge is 0.345 e. The zero-order chi connectivity index (χ0) is 23.9. The molecule has 1 aliphatic heterocycles. The van der Waals surface area contributed by atoms with E-state index in [1.165, 1.54) is 24.0 Å². The fourth-order valence-corrected chi connectivity index (χ4v) is 4.63. The van der Waals surface area contributed by atoms with Crippen LogP contribution in [0.15, 0.2) is 48.0 Å². The first-order valence-corrected chi connectivity index (χ1v) is 10.4. The van der Waals surface area contributed by atoms with Gasteiger partial charge in [0.1, 0.15) is 23.1 Å². The lowest BCUT2D eigenvalue weighted by molar-refractivity contribution is -0.190. The van der Waals surface area contributed by atoms with Gasteiger partial charge in [-0.3, -0.25) is 9.59 Å². The van der Waals surface area contributed by atoms with Crippen molar-refractivity contribution in [2.75, 3.05) is 18.1 Å². The zero-order valence-corrected chi connectivity index (χ0v) is 18.0. The first-order valence-electron chi connectivity index (χ1n) is 10.4. The quantitative estimate of drug-likeness (QED) is 0.655. The standard InChI is InChI=1S/C24H22F3NO5/c1-3-32-20-15-6-4-5-7-16(15)21(33-23(26)27)24(2)17(20)12-28(22(24)31)14-9-8-13(10-19(29)30)18(25)11-14/h4-9,11,21,23H,3,10,12H2,1-2H3,(H,29,30). The Bertz CT molecular complexity index is 1150. The molecule has 1 N–H and O–H groups in total. The summed E-state index contributed by atoms with van der Waals surface area (Å²) in [6.07, 6.45) is -1.78. The van der Waals surface area contributed by atoms with Crippen LogP contribution in [-0.4, -0.2) is 36.7 Å². The Morgan fingerprint density at radius 3 is 2.64 bits per heavy atom. The third-order valence-corrected chi connectivity index (χ3v) is 6.14. The molecule has 1 amide bonds. The fraction of sp³-hybridized carbons (Fsp3) is 0.333. The highest BCUT2D eigenvalue weighted by molar-refractivity contribution is 6.06. The summed E-state index contributed by atoms with van der Waals surface area (Å²) in [4.78, 5) is 25.9. The molecule has 174 valence electrons. The van der Waals surface area contributed by atoms with Gasteiger partial charge in [-0.15, -0.1) is 0 Å². The van der Waals surface area contributed by atoms with Crippen LogP contribution in [0, 0.1) is 11.2 Å². The van der Waals surface area contributed by atoms with Crippen molar-refractivity contribution in [3.8, 4) is 0 Å². The van der Waals surface area contributed by atoms with Crippen LogP contribution in [0.2, 0.25) is 0 Å². The number of alkyl halides is 2. The van der Waals surface area contributed by atoms with E-state index in [0.29, 0.717) is 22.5 Å². The molecule has 1 saturated heterocycles. The van der Waals surface area contributed by atoms with Gasteiger partial charge in [0.15, 0.2) is 0 Å². The van der Waals surface area contributed by atoms with E-state index in [4.69, 9.17) is 14.6 Å². The van der Waals surface area contributed by atoms with E-state index in [1.54, 1.807) is 31.2 Å². The van der Waals surface area contributed by atoms with Crippen molar-refractivity contribution in [1.29, 1.82) is 0 Å². The molecule has 2 unspecified atom stereocenters. The molecule has 33 heavy (non-hydrogen) atoms. The van der Waals surface area contributed by atoms with Crippen LogP contribution >= 0.6 is 0 Å². The molecule has 1 heterocycles. The van der Waals surface area contributed by atoms with Crippen molar-refractivity contribution in [2.45, 2.75) is 33.0 Å². The summed E-state index contributed by atoms with van der Waals surface area (Å²) in [5.74, 6) is -2.08. The normalized spacial score (nSPS) is 21.9. The number of fused-ring (bicyclic) bond motifs is 2. The first-order chi connectivity index (χ1) is 15.7. The molecule has 0 saturated carbocycles. The van der Waals surface area contributed by atoms with E-state index in [1.807, 2.05) is 0 Å². The number of hydrogen-bond donors (Lipinski definition) is 1. The Morgan fingerprint density at radius 2 is 2.00 bits per heavy atom. The summed E-state index contributed by atoms with van der Waals surface area (Å²) < 4.78 is 52.3. The fourth-order valence-electron chi connectivity index (χ4n) is 4.63. The number of carboxylic acid groups (broad SMARTS) is 1. The summed E-state index contributed by atoms with van der Waals surface area (Å²) in [5.41, 5.74) is 0.0907. The predicted molar refractivity (Wildman–Crippen MR) is 113 cm³/mol. The molecule has 2 aromatic rings. The maximum atomic E-state index is 14.6. The van der Waals surface area contributed by atoms with Crippen molar-refractivity contribution >= 4 is 23.3 Å². The van der Waals surface area contributed by atoms with Gasteiger partial charge < -0.3 is 19.5 Å². The van der Waals surface area contributed by atoms with Gasteiger partial charge in [0.05, 0.1) is 19.6 Å². The monoisotopic (exact) mass is 461 g/mol. The Labute approximate surface area is 188 Å². The number of carbonyl (C=O) groups excluding carboxylic acids is 1. The number of benzene rings is 2. The maximum absolute atomic E-state index is 14.6. The SMILES string of the molecule is CCOC1=C2CN(c3ccc(CC(=O)O)c(F)c3)C(=O)C2(C)C(OC(F)F)c2ccccc21. The Balaban J connectivity index is 1.84. The van der Waals surface area contributed by atoms with Crippen molar-refractivity contribution in [3.05, 3.63) is 70.5 Å². The molecule has 2 atom stereocenters. The lowest BCUT2D eigenvalue weighted by Crippen LogP contribution is -2.41. The number of ether oxygens (including phenoxy) is 2. The van der Waals surface area contributed by atoms with Crippen LogP contribution in [0.5, 0.6) is 0 Å². The van der Waals surface area contributed by atoms with Crippen LogP contribution in [-0.2, 0) is 25.5 Å². The highest BCUT2D eigenvalue weighted by Crippen LogP contribution is 2.56. The van der Waals surface area contributed by atoms with Gasteiger partial charge in [-0.2, -0.15) is 8.78 Å². The second kappa shape index (κ2) is 8.55. The van der Waals surface area contributed by atoms with Gasteiger partial charge in [-0.05, 0) is 37.1 Å². The third kappa shape index (κ3) is 3.76. The molecule has 4 rings (SSSR count). The number of halogens is 3. The average Bonchev–Trinajstić information content (AvgIpc) is 3.03. The van der Waals surface area contributed by atoms with Gasteiger partial charge in [0, 0.05) is 16.8 Å². The second-order valence-electron chi connectivity index (χ2n) is 8.04. The van der Waals surface area contributed by atoms with Gasteiger partial charge in [-0.1, -0.05) is 30.3 Å². The van der Waals surface area contributed by atoms with Crippen LogP contribution in [0.1, 0.15) is 36.6 Å². The highest BCUT2D eigenvalue weighted by Gasteiger charge is 2.58. The molecule has 0 radical (unpaired) electrons. The maximum Gasteiger partial charge on any atom is 0.345 e. The Morgan fingerprint density at radius 1 is 1.27 bits per heavy atom. The van der Waals surface area contributed by atoms with Crippen LogP contribution in [0.3, 0.4) is 0 Å². The molecular weight excluding hydrogens is 439 g/mol. The van der Waals surface area contributed by atoms with Gasteiger partial charge in [0.2, 0.25) is 5.91 Å². The predicted octanol–water partition coefficient (Wildman–Crippen LogP) is 4.55. The number of carbonyl (C=O) groups is 2. The number of rotatable bonds is 7. The third-order valence-electron chi connectivity index (χ3n) is 6.14. The molecule has 2 aromatic carbocycles. The lowest BCUT2D eigenvalue weighted by atomic mass is 9.70. The molecule has 0 aromatic heterocycles. The Hall–Kier alpha value is -3.33. The number of anilines is 1. The average molecular weight is 461 g/mol. The van der Waals surface area contributed by atoms with E-state index >= 15 is 0 Å². The highest BCUT2D eigenvalue weighted by atomic mass is 19.3. The molecule has 0 bridgehead atoms. The zero-order valence-electron chi connectivity index (χ0n) is 18.0. The van der Waals surface area contributed by atoms with Gasteiger partial charge in [0.25, 0.3) is 0 Å². The van der Waals surface area contributed by atoms with Crippen LogP contribution in [0.4, 0.5) is 18.9 Å². The molecular formula is C24H22F3NO5. The van der Waals surface area contributed by atoms with Gasteiger partial charge in [-0.25, -0.2) is 4.39 Å². The molecule has 1 fully saturated rings. The number of carboxylic acids is 1. The van der Waals surface area contributed by atoms with Crippen molar-refractivity contribution in [1.82, 2.24) is 0 Å². The topological polar surface area (TPSA) is 76.1 Å². The minimum absolute atomic E-state index is 0.0141. The summed E-state index contributed by atoms with van der Waals surface area (Å²) in [5, 5.41) is 8.93. The number of aliphatic carboxylic acids is 1. The minimum atomic E-state index is -3.12. The first kappa shape index (κ1) is 22.8. The van der Waals surface area contributed by atoms with Gasteiger partial charge >= 0.3 is 12.6 Å². The largest absolute Gasteiger partial charge is 0.493 e. The second-order valence-corrected chi connectivity index (χ2v) is 8.04. The van der Waals surface area contributed by atoms with E-state index < -0.39 is 42.2 Å². The molecule has 6 nitrogen and oxygen atoms in total. The van der Waals surface area contributed by atoms with E-state index in [-0.39, 0.29) is 24.4 Å². The van der Waals surface area contributed by atoms with E-state index in [0.717, 1.165) is 6.07 Å². The summed E-state index contributed by atoms with van der Waals surface area (Å²) in [7, 11) is 0. The minimum Gasteiger partial charge on any atom is -0.493 e. The molecule has 9 heteroatoms. The Kier molecular flexibility index (Phi) is 5.92. The van der Waals surface area contributed by atoms with Crippen LogP contribution in [0.25, 0.3) is 5.76 Å². The van der Waals surface area contributed by atoms with Crippen LogP contribution < -0.4 is 4.90 Å². The lowest BCUT2D eigenvalue weighted by Gasteiger charge is -2.39. The summed E-state index contributed by atoms with van der Waals surface area (Å²) in [6, 6.07) is 10.6. The molecule has 0 spiro atoms. The van der Waals surface area contributed by atoms with E-state index in [9.17, 15) is 22.8 Å². The number of hydrogen-bond acceptors (Lipinski definition) is 4. The summed E-state index contributed by atoms with van der Waals surface area (Å²) in [6.45, 7) is 0.461. The van der Waals surface area contributed by atoms with Crippen molar-refractivity contribution in [3.63, 3.8) is 0 Å². The number of amides is 1. The molecule has 1 aliphatic carbocycles. The van der Waals surface area contributed by atoms with Crippen molar-refractivity contribution in [2.24, 2.45) is 5.41 Å². The number of nitrogens with zero attached hydrogens (tertiary/aromatic N) is 1. The van der Waals surface area contributed by atoms with E-state index in [2.05, 4.69) is 0 Å². The van der Waals surface area contributed by atoms with Crippen molar-refractivity contribution < 1.29 is 37.3 Å². The molecule has 2 aliphatic rings.